The van der Waals surface area contributed by atoms with Gasteiger partial charge in [0.2, 0.25) is 17.7 Å². The fourth-order valence-electron chi connectivity index (χ4n) is 5.11. The molecule has 2 aromatic rings. The van der Waals surface area contributed by atoms with E-state index < -0.39 is 23.8 Å². The zero-order valence-electron chi connectivity index (χ0n) is 20.9. The molecule has 1 aliphatic carbocycles. The van der Waals surface area contributed by atoms with Gasteiger partial charge in [-0.05, 0) is 63.5 Å². The molecule has 9 heteroatoms. The highest BCUT2D eigenvalue weighted by molar-refractivity contribution is 5.93. The van der Waals surface area contributed by atoms with E-state index in [1.807, 2.05) is 11.8 Å². The maximum atomic E-state index is 14.1. The number of imidazole rings is 1. The molecule has 3 amide bonds. The molecule has 2 unspecified atom stereocenters. The normalized spacial score (nSPS) is 23.7. The minimum Gasteiger partial charge on any atom is -0.345 e. The molecule has 1 saturated carbocycles. The smallest absolute Gasteiger partial charge is 0.243 e. The van der Waals surface area contributed by atoms with Gasteiger partial charge in [0.1, 0.15) is 17.4 Å². The number of nitrogens with zero attached hydrogens (tertiary/aromatic N) is 2. The van der Waals surface area contributed by atoms with Crippen molar-refractivity contribution >= 4 is 28.8 Å². The first-order valence-corrected chi connectivity index (χ1v) is 12.7. The summed E-state index contributed by atoms with van der Waals surface area (Å²) in [6.07, 6.45) is 3.67. The second-order valence-corrected chi connectivity index (χ2v) is 10.4. The topological polar surface area (TPSA) is 107 Å². The number of aromatic nitrogens is 2. The number of likely N-dealkylation sites (tertiary alicyclic amines) is 1. The van der Waals surface area contributed by atoms with Crippen LogP contribution < -0.4 is 10.6 Å². The third-order valence-electron chi connectivity index (χ3n) is 7.42. The van der Waals surface area contributed by atoms with Crippen molar-refractivity contribution in [1.29, 1.82) is 0 Å². The van der Waals surface area contributed by atoms with Gasteiger partial charge in [-0.1, -0.05) is 19.9 Å². The lowest BCUT2D eigenvalue weighted by Gasteiger charge is -2.34. The molecule has 0 spiro atoms. The standard InChI is InChI=1S/C26H36FN5O3/c1-14(2)17-12-18(17)25(34)30-21(13-22(33)32-11-6-5-8-15(32)3)26(35)28-16(4)24-29-20-10-7-9-19(27)23(20)31-24/h7,9-10,14-18,21H,5-6,8,11-13H2,1-4H3,(H,28,35)(H,29,31)(H,30,34)/t15-,16+,17?,18?,21-/m0/s1. The fraction of sp³-hybridized carbons (Fsp3) is 0.615. The van der Waals surface area contributed by atoms with Gasteiger partial charge in [0.05, 0.1) is 18.0 Å². The van der Waals surface area contributed by atoms with Crippen LogP contribution in [0.4, 0.5) is 4.39 Å². The van der Waals surface area contributed by atoms with Gasteiger partial charge in [0.15, 0.2) is 5.82 Å². The van der Waals surface area contributed by atoms with Crippen LogP contribution in [-0.4, -0.2) is 51.2 Å². The van der Waals surface area contributed by atoms with Gasteiger partial charge in [-0.15, -0.1) is 0 Å². The van der Waals surface area contributed by atoms with Crippen molar-refractivity contribution < 1.29 is 18.8 Å². The van der Waals surface area contributed by atoms with Gasteiger partial charge in [0, 0.05) is 18.5 Å². The summed E-state index contributed by atoms with van der Waals surface area (Å²) >= 11 is 0. The number of aromatic amines is 1. The quantitative estimate of drug-likeness (QED) is 0.532. The van der Waals surface area contributed by atoms with Crippen LogP contribution >= 0.6 is 0 Å². The fourth-order valence-corrected chi connectivity index (χ4v) is 5.11. The van der Waals surface area contributed by atoms with Gasteiger partial charge in [-0.2, -0.15) is 0 Å². The summed E-state index contributed by atoms with van der Waals surface area (Å²) in [4.78, 5) is 48.4. The average molecular weight is 486 g/mol. The van der Waals surface area contributed by atoms with E-state index in [-0.39, 0.29) is 35.7 Å². The highest BCUT2D eigenvalue weighted by atomic mass is 19.1. The minimum absolute atomic E-state index is 0.0948. The van der Waals surface area contributed by atoms with Crippen molar-refractivity contribution in [3.8, 4) is 0 Å². The molecule has 1 aliphatic heterocycles. The number of carbonyl (C=O) groups is 3. The van der Waals surface area contributed by atoms with Crippen molar-refractivity contribution in [3.05, 3.63) is 29.8 Å². The van der Waals surface area contributed by atoms with E-state index in [0.29, 0.717) is 29.7 Å². The SMILES string of the molecule is CC(C)C1CC1C(=O)N[C@@H](CC(=O)N1CCCC[C@@H]1C)C(=O)N[C@H](C)c1nc2c(F)cccc2[nH]1. The van der Waals surface area contributed by atoms with Gasteiger partial charge < -0.3 is 20.5 Å². The number of piperidine rings is 1. The van der Waals surface area contributed by atoms with Crippen LogP contribution in [0, 0.1) is 23.6 Å². The highest BCUT2D eigenvalue weighted by Crippen LogP contribution is 2.44. The Morgan fingerprint density at radius 3 is 2.63 bits per heavy atom. The van der Waals surface area contributed by atoms with Gasteiger partial charge in [-0.3, -0.25) is 14.4 Å². The lowest BCUT2D eigenvalue weighted by atomic mass is 10.0. The molecule has 1 aromatic carbocycles. The summed E-state index contributed by atoms with van der Waals surface area (Å²) in [5, 5.41) is 5.71. The number of hydrogen-bond donors (Lipinski definition) is 3. The zero-order valence-corrected chi connectivity index (χ0v) is 20.9. The van der Waals surface area contributed by atoms with E-state index in [0.717, 1.165) is 25.7 Å². The Kier molecular flexibility index (Phi) is 7.42. The summed E-state index contributed by atoms with van der Waals surface area (Å²) in [6.45, 7) is 8.59. The highest BCUT2D eigenvalue weighted by Gasteiger charge is 2.45. The maximum Gasteiger partial charge on any atom is 0.243 e. The Bertz CT molecular complexity index is 1100. The molecule has 0 bridgehead atoms. The second-order valence-electron chi connectivity index (χ2n) is 10.4. The Morgan fingerprint density at radius 1 is 1.20 bits per heavy atom. The molecule has 1 saturated heterocycles. The molecule has 35 heavy (non-hydrogen) atoms. The predicted octanol–water partition coefficient (Wildman–Crippen LogP) is 3.45. The van der Waals surface area contributed by atoms with Crippen LogP contribution in [-0.2, 0) is 14.4 Å². The molecular weight excluding hydrogens is 449 g/mol. The molecule has 1 aromatic heterocycles. The molecule has 2 fully saturated rings. The Hall–Kier alpha value is -2.97. The Morgan fingerprint density at radius 2 is 1.97 bits per heavy atom. The van der Waals surface area contributed by atoms with Gasteiger partial charge >= 0.3 is 0 Å². The number of amides is 3. The number of fused-ring (bicyclic) bond motifs is 1. The first kappa shape index (κ1) is 25.1. The van der Waals surface area contributed by atoms with Crippen LogP contribution in [0.25, 0.3) is 11.0 Å². The number of rotatable bonds is 8. The zero-order chi connectivity index (χ0) is 25.3. The number of H-pyrrole nitrogens is 1. The van der Waals surface area contributed by atoms with Crippen LogP contribution in [0.15, 0.2) is 18.2 Å². The molecule has 4 rings (SSSR count). The largest absolute Gasteiger partial charge is 0.345 e. The minimum atomic E-state index is -0.985. The molecule has 2 aliphatic rings. The lowest BCUT2D eigenvalue weighted by Crippen LogP contribution is -2.52. The van der Waals surface area contributed by atoms with Crippen molar-refractivity contribution in [2.75, 3.05) is 6.54 Å². The van der Waals surface area contributed by atoms with E-state index in [1.165, 1.54) is 6.07 Å². The summed E-state index contributed by atoms with van der Waals surface area (Å²) in [7, 11) is 0. The van der Waals surface area contributed by atoms with Gasteiger partial charge in [-0.25, -0.2) is 9.37 Å². The second kappa shape index (κ2) is 10.3. The average Bonchev–Trinajstić information content (AvgIpc) is 3.50. The van der Waals surface area contributed by atoms with Crippen molar-refractivity contribution in [1.82, 2.24) is 25.5 Å². The maximum absolute atomic E-state index is 14.1. The molecule has 190 valence electrons. The van der Waals surface area contributed by atoms with E-state index >= 15 is 0 Å². The predicted molar refractivity (Wildman–Crippen MR) is 131 cm³/mol. The Labute approximate surface area is 205 Å². The third-order valence-corrected chi connectivity index (χ3v) is 7.42. The number of para-hydroxylation sites is 1. The lowest BCUT2D eigenvalue weighted by molar-refractivity contribution is -0.138. The van der Waals surface area contributed by atoms with Crippen LogP contribution in [0.5, 0.6) is 0 Å². The van der Waals surface area contributed by atoms with Gasteiger partial charge in [0.25, 0.3) is 0 Å². The molecule has 5 atom stereocenters. The molecule has 8 nitrogen and oxygen atoms in total. The first-order chi connectivity index (χ1) is 16.7. The van der Waals surface area contributed by atoms with Crippen molar-refractivity contribution in [2.24, 2.45) is 17.8 Å². The van der Waals surface area contributed by atoms with Crippen molar-refractivity contribution in [3.63, 3.8) is 0 Å². The number of nitrogens with one attached hydrogen (secondary N) is 3. The van der Waals surface area contributed by atoms with Crippen LogP contribution in [0.1, 0.15) is 71.7 Å². The summed E-state index contributed by atoms with van der Waals surface area (Å²) < 4.78 is 14.1. The molecule has 3 N–H and O–H groups in total. The van der Waals surface area contributed by atoms with Crippen LogP contribution in [0.2, 0.25) is 0 Å². The first-order valence-electron chi connectivity index (χ1n) is 12.7. The van der Waals surface area contributed by atoms with E-state index in [2.05, 4.69) is 34.4 Å². The number of hydrogen-bond acceptors (Lipinski definition) is 4. The summed E-state index contributed by atoms with van der Waals surface area (Å²) in [6, 6.07) is 3.20. The molecular formula is C26H36FN5O3. The number of carbonyl (C=O) groups excluding carboxylic acids is 3. The third kappa shape index (κ3) is 5.65. The van der Waals surface area contributed by atoms with Crippen molar-refractivity contribution in [2.45, 2.75) is 77.9 Å². The molecule has 2 heterocycles. The Balaban J connectivity index is 1.47. The summed E-state index contributed by atoms with van der Waals surface area (Å²) in [5.74, 6) is -0.227. The van der Waals surface area contributed by atoms with E-state index in [1.54, 1.807) is 19.1 Å². The molecule has 0 radical (unpaired) electrons. The summed E-state index contributed by atoms with van der Waals surface area (Å²) in [5.41, 5.74) is 0.741. The van der Waals surface area contributed by atoms with Crippen LogP contribution in [0.3, 0.4) is 0 Å². The van der Waals surface area contributed by atoms with E-state index in [9.17, 15) is 18.8 Å². The van der Waals surface area contributed by atoms with E-state index in [4.69, 9.17) is 0 Å². The number of halogens is 1. The monoisotopic (exact) mass is 485 g/mol. The number of benzene rings is 1.